The van der Waals surface area contributed by atoms with E-state index in [1.54, 1.807) is 24.3 Å². The van der Waals surface area contributed by atoms with Gasteiger partial charge in [0.1, 0.15) is 23.8 Å². The number of halogens is 1. The van der Waals surface area contributed by atoms with Crippen LogP contribution in [-0.4, -0.2) is 27.4 Å². The Bertz CT molecular complexity index is 1250. The number of aromatic hydroxyl groups is 1. The first-order chi connectivity index (χ1) is 15.6. The first kappa shape index (κ1) is 21.1. The number of phenols is 1. The summed E-state index contributed by atoms with van der Waals surface area (Å²) in [6.07, 6.45) is 1.44. The molecule has 8 heteroatoms. The van der Waals surface area contributed by atoms with E-state index in [1.165, 1.54) is 12.3 Å². The molecule has 0 bridgehead atoms. The number of hydrogen-bond acceptors (Lipinski definition) is 5. The first-order valence-corrected chi connectivity index (χ1v) is 10.1. The zero-order valence-corrected chi connectivity index (χ0v) is 17.6. The molecule has 0 atom stereocenters. The Hall–Kier alpha value is -4.10. The minimum absolute atomic E-state index is 0.121. The van der Waals surface area contributed by atoms with Gasteiger partial charge >= 0.3 is 0 Å². The predicted octanol–water partition coefficient (Wildman–Crippen LogP) is 4.78. The molecule has 1 heterocycles. The van der Waals surface area contributed by atoms with E-state index in [0.29, 0.717) is 28.6 Å². The molecule has 1 amide bonds. The summed E-state index contributed by atoms with van der Waals surface area (Å²) < 4.78 is 5.97. The average molecular weight is 447 g/mol. The maximum Gasteiger partial charge on any atom is 0.289 e. The molecule has 160 valence electrons. The van der Waals surface area contributed by atoms with Gasteiger partial charge in [0, 0.05) is 10.6 Å². The first-order valence-electron chi connectivity index (χ1n) is 9.73. The SMILES string of the molecule is O=C(N/N=C/c1cccc(O)c1)c1cc(-c2ccccc2OCc2ccc(Cl)cc2)n[nH]1. The highest BCUT2D eigenvalue weighted by Gasteiger charge is 2.14. The number of carbonyl (C=O) groups excluding carboxylic acids is 1. The molecule has 0 saturated carbocycles. The number of nitrogens with one attached hydrogen (secondary N) is 2. The van der Waals surface area contributed by atoms with Crippen molar-refractivity contribution in [3.8, 4) is 22.8 Å². The molecule has 7 nitrogen and oxygen atoms in total. The van der Waals surface area contributed by atoms with Crippen LogP contribution in [0.1, 0.15) is 21.6 Å². The third kappa shape index (κ3) is 5.33. The number of hydrazone groups is 1. The molecule has 0 spiro atoms. The van der Waals surface area contributed by atoms with Crippen molar-refractivity contribution in [2.24, 2.45) is 5.10 Å². The highest BCUT2D eigenvalue weighted by molar-refractivity contribution is 6.30. The van der Waals surface area contributed by atoms with E-state index >= 15 is 0 Å². The predicted molar refractivity (Wildman–Crippen MR) is 123 cm³/mol. The highest BCUT2D eigenvalue weighted by atomic mass is 35.5. The highest BCUT2D eigenvalue weighted by Crippen LogP contribution is 2.29. The summed E-state index contributed by atoms with van der Waals surface area (Å²) in [6, 6.07) is 23.0. The third-order valence-corrected chi connectivity index (χ3v) is 4.79. The van der Waals surface area contributed by atoms with Crippen LogP contribution in [0.2, 0.25) is 5.02 Å². The van der Waals surface area contributed by atoms with Crippen LogP contribution in [0.15, 0.2) is 84.0 Å². The number of nitrogens with zero attached hydrogens (tertiary/aromatic N) is 2. The molecule has 0 aliphatic carbocycles. The number of aromatic amines is 1. The van der Waals surface area contributed by atoms with Gasteiger partial charge in [0.25, 0.3) is 5.91 Å². The van der Waals surface area contributed by atoms with Gasteiger partial charge in [-0.05, 0) is 53.6 Å². The maximum atomic E-state index is 12.4. The lowest BCUT2D eigenvalue weighted by molar-refractivity contribution is 0.0950. The summed E-state index contributed by atoms with van der Waals surface area (Å²) in [6.45, 7) is 0.371. The second-order valence-electron chi connectivity index (χ2n) is 6.87. The largest absolute Gasteiger partial charge is 0.508 e. The number of aromatic nitrogens is 2. The summed E-state index contributed by atoms with van der Waals surface area (Å²) in [5.41, 5.74) is 5.64. The topological polar surface area (TPSA) is 99.6 Å². The fourth-order valence-electron chi connectivity index (χ4n) is 2.95. The van der Waals surface area contributed by atoms with Crippen molar-refractivity contribution in [2.45, 2.75) is 6.61 Å². The van der Waals surface area contributed by atoms with Gasteiger partial charge < -0.3 is 9.84 Å². The van der Waals surface area contributed by atoms with Crippen LogP contribution in [0.4, 0.5) is 0 Å². The molecule has 0 aliphatic rings. The fraction of sp³-hybridized carbons (Fsp3) is 0.0417. The van der Waals surface area contributed by atoms with Gasteiger partial charge in [-0.3, -0.25) is 9.89 Å². The molecule has 0 saturated heterocycles. The third-order valence-electron chi connectivity index (χ3n) is 4.54. The second kappa shape index (κ2) is 9.80. The summed E-state index contributed by atoms with van der Waals surface area (Å²) in [7, 11) is 0. The van der Waals surface area contributed by atoms with Crippen LogP contribution in [0, 0.1) is 0 Å². The summed E-state index contributed by atoms with van der Waals surface area (Å²) >= 11 is 5.93. The van der Waals surface area contributed by atoms with Crippen molar-refractivity contribution >= 4 is 23.7 Å². The molecule has 0 fully saturated rings. The Labute approximate surface area is 189 Å². The molecular weight excluding hydrogens is 428 g/mol. The molecular formula is C24H19ClN4O3. The molecule has 0 unspecified atom stereocenters. The number of benzene rings is 3. The van der Waals surface area contributed by atoms with Crippen molar-refractivity contribution in [1.82, 2.24) is 15.6 Å². The number of H-pyrrole nitrogens is 1. The lowest BCUT2D eigenvalue weighted by Gasteiger charge is -2.10. The molecule has 32 heavy (non-hydrogen) atoms. The standard InChI is InChI=1S/C24H19ClN4O3/c25-18-10-8-16(9-11-18)15-32-23-7-2-1-6-20(23)21-13-22(28-27-21)24(31)29-26-14-17-4-3-5-19(30)12-17/h1-14,30H,15H2,(H,27,28)(H,29,31)/b26-14+. The van der Waals surface area contributed by atoms with Crippen molar-refractivity contribution < 1.29 is 14.6 Å². The molecule has 3 aromatic carbocycles. The Morgan fingerprint density at radius 2 is 1.91 bits per heavy atom. The van der Waals surface area contributed by atoms with E-state index in [4.69, 9.17) is 16.3 Å². The monoisotopic (exact) mass is 446 g/mol. The molecule has 1 aromatic heterocycles. The van der Waals surface area contributed by atoms with E-state index in [-0.39, 0.29) is 11.4 Å². The minimum Gasteiger partial charge on any atom is -0.508 e. The summed E-state index contributed by atoms with van der Waals surface area (Å²) in [4.78, 5) is 12.4. The van der Waals surface area contributed by atoms with Crippen molar-refractivity contribution in [3.63, 3.8) is 0 Å². The van der Waals surface area contributed by atoms with E-state index in [0.717, 1.165) is 11.1 Å². The van der Waals surface area contributed by atoms with Gasteiger partial charge in [-0.15, -0.1) is 0 Å². The normalized spacial score (nSPS) is 10.9. The van der Waals surface area contributed by atoms with Crippen LogP contribution in [0.25, 0.3) is 11.3 Å². The fourth-order valence-corrected chi connectivity index (χ4v) is 3.08. The van der Waals surface area contributed by atoms with Crippen LogP contribution in [0.5, 0.6) is 11.5 Å². The molecule has 0 aliphatic heterocycles. The Morgan fingerprint density at radius 1 is 1.09 bits per heavy atom. The Morgan fingerprint density at radius 3 is 2.72 bits per heavy atom. The van der Waals surface area contributed by atoms with Crippen LogP contribution >= 0.6 is 11.6 Å². The van der Waals surface area contributed by atoms with Crippen molar-refractivity contribution in [1.29, 1.82) is 0 Å². The Balaban J connectivity index is 1.43. The van der Waals surface area contributed by atoms with Gasteiger partial charge in [0.2, 0.25) is 0 Å². The van der Waals surface area contributed by atoms with Crippen molar-refractivity contribution in [3.05, 3.63) is 101 Å². The van der Waals surface area contributed by atoms with Gasteiger partial charge in [0.15, 0.2) is 0 Å². The Kier molecular flexibility index (Phi) is 6.48. The molecule has 4 rings (SSSR count). The number of rotatable bonds is 7. The minimum atomic E-state index is -0.445. The number of ether oxygens (including phenoxy) is 1. The zero-order chi connectivity index (χ0) is 22.3. The van der Waals surface area contributed by atoms with E-state index in [1.807, 2.05) is 48.5 Å². The number of hydrogen-bond donors (Lipinski definition) is 3. The maximum absolute atomic E-state index is 12.4. The zero-order valence-electron chi connectivity index (χ0n) is 16.8. The summed E-state index contributed by atoms with van der Waals surface area (Å²) in [5.74, 6) is 0.318. The van der Waals surface area contributed by atoms with E-state index in [9.17, 15) is 9.90 Å². The van der Waals surface area contributed by atoms with E-state index in [2.05, 4.69) is 20.7 Å². The quantitative estimate of drug-likeness (QED) is 0.281. The lowest BCUT2D eigenvalue weighted by Crippen LogP contribution is -2.17. The molecule has 3 N–H and O–H groups in total. The molecule has 0 radical (unpaired) electrons. The van der Waals surface area contributed by atoms with Crippen LogP contribution in [0.3, 0.4) is 0 Å². The second-order valence-corrected chi connectivity index (χ2v) is 7.31. The number of carbonyl (C=O) groups is 1. The number of para-hydroxylation sites is 1. The van der Waals surface area contributed by atoms with Crippen LogP contribution < -0.4 is 10.2 Å². The average Bonchev–Trinajstić information content (AvgIpc) is 3.29. The van der Waals surface area contributed by atoms with Gasteiger partial charge in [0.05, 0.1) is 11.9 Å². The number of phenolic OH excluding ortho intramolecular Hbond substituents is 1. The summed E-state index contributed by atoms with van der Waals surface area (Å²) in [5, 5.41) is 21.0. The molecule has 4 aromatic rings. The van der Waals surface area contributed by atoms with Crippen LogP contribution in [-0.2, 0) is 6.61 Å². The van der Waals surface area contributed by atoms with E-state index < -0.39 is 5.91 Å². The van der Waals surface area contributed by atoms with Gasteiger partial charge in [-0.1, -0.05) is 48.0 Å². The smallest absolute Gasteiger partial charge is 0.289 e. The lowest BCUT2D eigenvalue weighted by atomic mass is 10.1. The van der Waals surface area contributed by atoms with Crippen molar-refractivity contribution in [2.75, 3.05) is 0 Å². The van der Waals surface area contributed by atoms with Gasteiger partial charge in [-0.2, -0.15) is 10.2 Å². The van der Waals surface area contributed by atoms with Gasteiger partial charge in [-0.25, -0.2) is 5.43 Å². The number of amides is 1.